The van der Waals surface area contributed by atoms with E-state index in [1.165, 1.54) is 10.5 Å². The fourth-order valence-electron chi connectivity index (χ4n) is 2.93. The fourth-order valence-corrected chi connectivity index (χ4v) is 3.25. The van der Waals surface area contributed by atoms with E-state index in [4.69, 9.17) is 27.9 Å². The van der Waals surface area contributed by atoms with Crippen LogP contribution in [0.15, 0.2) is 42.5 Å². The van der Waals surface area contributed by atoms with Gasteiger partial charge in [-0.25, -0.2) is 0 Å². The molecule has 1 N–H and O–H groups in total. The van der Waals surface area contributed by atoms with Gasteiger partial charge in [0.25, 0.3) is 5.91 Å². The van der Waals surface area contributed by atoms with Crippen molar-refractivity contribution in [1.29, 1.82) is 0 Å². The third-order valence-electron chi connectivity index (χ3n) is 5.20. The zero-order valence-corrected chi connectivity index (χ0v) is 20.0. The molecule has 0 unspecified atom stereocenters. The van der Waals surface area contributed by atoms with E-state index in [1.54, 1.807) is 25.1 Å². The van der Waals surface area contributed by atoms with Crippen LogP contribution in [0.1, 0.15) is 45.2 Å². The zero-order chi connectivity index (χ0) is 23.0. The average Bonchev–Trinajstić information content (AvgIpc) is 2.77. The normalized spacial score (nSPS) is 12.7. The number of hydrogen-bond acceptors (Lipinski definition) is 3. The third-order valence-corrected chi connectivity index (χ3v) is 5.94. The molecular formula is C24H30Cl2N2O3. The Balaban J connectivity index is 2.16. The largest absolute Gasteiger partial charge is 0.484 e. The van der Waals surface area contributed by atoms with Crippen LogP contribution in [-0.2, 0) is 22.6 Å². The molecule has 0 aliphatic rings. The van der Waals surface area contributed by atoms with Crippen molar-refractivity contribution in [2.24, 2.45) is 0 Å². The van der Waals surface area contributed by atoms with Gasteiger partial charge in [0.1, 0.15) is 11.8 Å². The Morgan fingerprint density at radius 3 is 2.23 bits per heavy atom. The Morgan fingerprint density at radius 2 is 1.65 bits per heavy atom. The van der Waals surface area contributed by atoms with Crippen molar-refractivity contribution in [3.8, 4) is 5.75 Å². The molecule has 2 atom stereocenters. The quantitative estimate of drug-likeness (QED) is 0.520. The first-order valence-electron chi connectivity index (χ1n) is 10.5. The molecule has 0 heterocycles. The van der Waals surface area contributed by atoms with Crippen LogP contribution in [0.2, 0.25) is 10.0 Å². The number of ether oxygens (including phenoxy) is 1. The number of carbonyl (C=O) groups excluding carboxylic acids is 2. The summed E-state index contributed by atoms with van der Waals surface area (Å²) in [6.45, 7) is 7.75. The van der Waals surface area contributed by atoms with Gasteiger partial charge >= 0.3 is 0 Å². The Hall–Kier alpha value is -2.24. The Labute approximate surface area is 194 Å². The summed E-state index contributed by atoms with van der Waals surface area (Å²) in [5, 5.41) is 3.77. The summed E-state index contributed by atoms with van der Waals surface area (Å²) in [5.41, 5.74) is 1.97. The number of hydrogen-bond donors (Lipinski definition) is 1. The molecule has 0 aromatic heterocycles. The first kappa shape index (κ1) is 25.0. The van der Waals surface area contributed by atoms with E-state index in [2.05, 4.69) is 12.2 Å². The smallest absolute Gasteiger partial charge is 0.261 e. The van der Waals surface area contributed by atoms with Gasteiger partial charge in [0, 0.05) is 12.6 Å². The third kappa shape index (κ3) is 7.44. The summed E-state index contributed by atoms with van der Waals surface area (Å²) in [7, 11) is 0. The summed E-state index contributed by atoms with van der Waals surface area (Å²) >= 11 is 12.1. The molecule has 0 saturated heterocycles. The van der Waals surface area contributed by atoms with E-state index in [1.807, 2.05) is 38.1 Å². The predicted octanol–water partition coefficient (Wildman–Crippen LogP) is 5.27. The number of rotatable bonds is 10. The summed E-state index contributed by atoms with van der Waals surface area (Å²) in [4.78, 5) is 27.3. The highest BCUT2D eigenvalue weighted by atomic mass is 35.5. The minimum atomic E-state index is -0.679. The molecule has 0 fully saturated rings. The molecule has 0 spiro atoms. The lowest BCUT2D eigenvalue weighted by Crippen LogP contribution is -2.50. The number of nitrogens with zero attached hydrogens (tertiary/aromatic N) is 1. The fraction of sp³-hybridized carbons (Fsp3) is 0.417. The predicted molar refractivity (Wildman–Crippen MR) is 126 cm³/mol. The maximum absolute atomic E-state index is 13.1. The van der Waals surface area contributed by atoms with Crippen molar-refractivity contribution in [3.05, 3.63) is 63.6 Å². The monoisotopic (exact) mass is 464 g/mol. The second-order valence-electron chi connectivity index (χ2n) is 7.55. The van der Waals surface area contributed by atoms with Crippen LogP contribution >= 0.6 is 23.2 Å². The van der Waals surface area contributed by atoms with Crippen LogP contribution in [0, 0.1) is 0 Å². The van der Waals surface area contributed by atoms with Gasteiger partial charge < -0.3 is 15.0 Å². The molecule has 0 saturated carbocycles. The van der Waals surface area contributed by atoms with Crippen LogP contribution < -0.4 is 10.1 Å². The van der Waals surface area contributed by atoms with E-state index in [0.29, 0.717) is 15.8 Å². The molecule has 7 heteroatoms. The van der Waals surface area contributed by atoms with Crippen molar-refractivity contribution < 1.29 is 14.3 Å². The molecule has 0 aliphatic heterocycles. The highest BCUT2D eigenvalue weighted by Gasteiger charge is 2.27. The number of aryl methyl sites for hydroxylation is 1. The van der Waals surface area contributed by atoms with E-state index in [-0.39, 0.29) is 31.0 Å². The summed E-state index contributed by atoms with van der Waals surface area (Å²) < 4.78 is 5.69. The Kier molecular flexibility index (Phi) is 9.66. The number of halogens is 2. The van der Waals surface area contributed by atoms with E-state index < -0.39 is 6.04 Å². The first-order chi connectivity index (χ1) is 14.7. The molecule has 0 bridgehead atoms. The molecule has 0 radical (unpaired) electrons. The van der Waals surface area contributed by atoms with Gasteiger partial charge in [-0.3, -0.25) is 9.59 Å². The van der Waals surface area contributed by atoms with Gasteiger partial charge in [0.15, 0.2) is 6.61 Å². The Morgan fingerprint density at radius 1 is 1.00 bits per heavy atom. The second kappa shape index (κ2) is 12.0. The van der Waals surface area contributed by atoms with Crippen molar-refractivity contribution in [3.63, 3.8) is 0 Å². The van der Waals surface area contributed by atoms with E-state index in [0.717, 1.165) is 18.4 Å². The Bertz CT molecular complexity index is 887. The topological polar surface area (TPSA) is 58.6 Å². The summed E-state index contributed by atoms with van der Waals surface area (Å²) in [6, 6.07) is 12.1. The number of nitrogens with one attached hydrogen (secondary N) is 1. The molecule has 2 aromatic rings. The molecule has 2 rings (SSSR count). The summed E-state index contributed by atoms with van der Waals surface area (Å²) in [5.74, 6) is 0.101. The maximum Gasteiger partial charge on any atom is 0.261 e. The molecule has 5 nitrogen and oxygen atoms in total. The molecule has 168 valence electrons. The lowest BCUT2D eigenvalue weighted by molar-refractivity contribution is -0.142. The van der Waals surface area contributed by atoms with Gasteiger partial charge in [-0.05, 0) is 62.1 Å². The number of carbonyl (C=O) groups is 2. The van der Waals surface area contributed by atoms with Crippen LogP contribution in [0.3, 0.4) is 0 Å². The second-order valence-corrected chi connectivity index (χ2v) is 8.36. The lowest BCUT2D eigenvalue weighted by atomic mass is 10.1. The molecule has 31 heavy (non-hydrogen) atoms. The highest BCUT2D eigenvalue weighted by molar-refractivity contribution is 6.42. The van der Waals surface area contributed by atoms with Gasteiger partial charge in [-0.1, -0.05) is 55.2 Å². The van der Waals surface area contributed by atoms with Gasteiger partial charge in [0.2, 0.25) is 5.91 Å². The lowest BCUT2D eigenvalue weighted by Gasteiger charge is -2.29. The zero-order valence-electron chi connectivity index (χ0n) is 18.5. The van der Waals surface area contributed by atoms with Crippen LogP contribution in [0.4, 0.5) is 0 Å². The van der Waals surface area contributed by atoms with E-state index >= 15 is 0 Å². The molecule has 0 aliphatic carbocycles. The van der Waals surface area contributed by atoms with Gasteiger partial charge in [-0.2, -0.15) is 0 Å². The van der Waals surface area contributed by atoms with Crippen molar-refractivity contribution in [2.45, 2.75) is 59.2 Å². The van der Waals surface area contributed by atoms with E-state index in [9.17, 15) is 9.59 Å². The highest BCUT2D eigenvalue weighted by Crippen LogP contribution is 2.24. The van der Waals surface area contributed by atoms with Crippen LogP contribution in [0.25, 0.3) is 0 Å². The van der Waals surface area contributed by atoms with Crippen molar-refractivity contribution in [1.82, 2.24) is 10.2 Å². The average molecular weight is 465 g/mol. The minimum absolute atomic E-state index is 0.0187. The minimum Gasteiger partial charge on any atom is -0.484 e. The van der Waals surface area contributed by atoms with Crippen LogP contribution in [-0.4, -0.2) is 35.4 Å². The molecule has 2 aromatic carbocycles. The van der Waals surface area contributed by atoms with Crippen molar-refractivity contribution in [2.75, 3.05) is 6.61 Å². The molecule has 2 amide bonds. The number of benzene rings is 2. The maximum atomic E-state index is 13.1. The van der Waals surface area contributed by atoms with Gasteiger partial charge in [0.05, 0.1) is 10.0 Å². The number of amides is 2. The standard InChI is InChI=1S/C24H30Cl2N2O3/c1-5-16(3)27-24(30)17(4)28(14-19-9-12-21(25)22(26)13-19)23(29)15-31-20-10-7-18(6-2)8-11-20/h7-13,16-17H,5-6,14-15H2,1-4H3,(H,27,30)/t16-,17-/m0/s1. The molecular weight excluding hydrogens is 435 g/mol. The van der Waals surface area contributed by atoms with Crippen molar-refractivity contribution >= 4 is 35.0 Å². The SMILES string of the molecule is CCc1ccc(OCC(=O)N(Cc2ccc(Cl)c(Cl)c2)[C@@H](C)C(=O)N[C@@H](C)CC)cc1. The van der Waals surface area contributed by atoms with Crippen LogP contribution in [0.5, 0.6) is 5.75 Å². The van der Waals surface area contributed by atoms with Gasteiger partial charge in [-0.15, -0.1) is 0 Å². The first-order valence-corrected chi connectivity index (χ1v) is 11.3. The summed E-state index contributed by atoms with van der Waals surface area (Å²) in [6.07, 6.45) is 1.73.